The zero-order valence-electron chi connectivity index (χ0n) is 30.1. The third-order valence-electron chi connectivity index (χ3n) is 8.84. The van der Waals surface area contributed by atoms with Crippen molar-refractivity contribution in [1.29, 1.82) is 0 Å². The highest BCUT2D eigenvalue weighted by molar-refractivity contribution is 7.46. The van der Waals surface area contributed by atoms with Crippen LogP contribution in [0.4, 0.5) is 0 Å². The largest absolute Gasteiger partial charge is 0.469 e. The van der Waals surface area contributed by atoms with E-state index in [0.717, 1.165) is 38.5 Å². The van der Waals surface area contributed by atoms with Crippen molar-refractivity contribution >= 4 is 25.5 Å². The lowest BCUT2D eigenvalue weighted by Crippen LogP contribution is -2.29. The van der Waals surface area contributed by atoms with Crippen LogP contribution in [0, 0.1) is 11.8 Å². The minimum Gasteiger partial charge on any atom is -0.462 e. The lowest BCUT2D eigenvalue weighted by molar-refractivity contribution is -0.161. The van der Waals surface area contributed by atoms with Crippen LogP contribution in [0.2, 0.25) is 0 Å². The second kappa shape index (κ2) is 27.8. The summed E-state index contributed by atoms with van der Waals surface area (Å²) in [5.74, 6) is -1.82. The summed E-state index contributed by atoms with van der Waals surface area (Å²) in [6, 6.07) is 0. The van der Waals surface area contributed by atoms with Crippen molar-refractivity contribution in [2.24, 2.45) is 11.8 Å². The standard InChI is InChI=1S/C37H65O11P/c1-3-5-7-8-9-10-11-12-13-14-19-23-36(41)46-28-31(29-47-49(43,44)45)48-37(42)24-20-16-15-18-22-32-33(35(40)27-34(32)39)26-25-30(38)21-17-6-4-2/h15,18,25-26,30-33,35,38,40H,3-14,16-17,19-24,27-29H2,1-2H3,(H2,43,44,45)/b18-15-,26-25+/t30-,31+,32+,33+,35+/m0/s1. The van der Waals surface area contributed by atoms with Crippen LogP contribution in [0.15, 0.2) is 24.3 Å². The van der Waals surface area contributed by atoms with Crippen molar-refractivity contribution in [3.05, 3.63) is 24.3 Å². The minimum atomic E-state index is -4.82. The number of phosphoric ester groups is 1. The number of esters is 2. The molecule has 0 radical (unpaired) electrons. The van der Waals surface area contributed by atoms with E-state index in [0.29, 0.717) is 32.1 Å². The lowest BCUT2D eigenvalue weighted by atomic mass is 9.90. The molecule has 0 saturated heterocycles. The monoisotopic (exact) mass is 716 g/mol. The van der Waals surface area contributed by atoms with Crippen molar-refractivity contribution in [2.45, 2.75) is 167 Å². The van der Waals surface area contributed by atoms with Gasteiger partial charge in [0.15, 0.2) is 6.10 Å². The molecule has 0 aromatic carbocycles. The summed E-state index contributed by atoms with van der Waals surface area (Å²) in [5, 5.41) is 20.6. The van der Waals surface area contributed by atoms with Crippen molar-refractivity contribution < 1.29 is 52.9 Å². The predicted molar refractivity (Wildman–Crippen MR) is 189 cm³/mol. The Balaban J connectivity index is 2.38. The molecular formula is C37H65O11P. The highest BCUT2D eigenvalue weighted by atomic mass is 31.2. The number of aliphatic hydroxyl groups excluding tert-OH is 2. The van der Waals surface area contributed by atoms with Gasteiger partial charge in [0.2, 0.25) is 0 Å². The van der Waals surface area contributed by atoms with Crippen LogP contribution >= 0.6 is 7.82 Å². The number of rotatable bonds is 30. The van der Waals surface area contributed by atoms with E-state index in [4.69, 9.17) is 19.3 Å². The van der Waals surface area contributed by atoms with E-state index in [1.807, 2.05) is 12.2 Å². The molecule has 1 saturated carbocycles. The first-order valence-corrected chi connectivity index (χ1v) is 20.3. The van der Waals surface area contributed by atoms with Crippen LogP contribution in [0.5, 0.6) is 0 Å². The van der Waals surface area contributed by atoms with Crippen molar-refractivity contribution in [3.8, 4) is 0 Å². The Hall–Kier alpha value is -1.88. The van der Waals surface area contributed by atoms with Crippen LogP contribution in [-0.4, -0.2) is 69.2 Å². The molecule has 1 rings (SSSR count). The molecule has 1 aliphatic rings. The lowest BCUT2D eigenvalue weighted by Gasteiger charge is -2.18. The van der Waals surface area contributed by atoms with E-state index < -0.39 is 44.7 Å². The Morgan fingerprint density at radius 1 is 0.837 bits per heavy atom. The highest BCUT2D eigenvalue weighted by Crippen LogP contribution is 2.36. The first-order valence-electron chi connectivity index (χ1n) is 18.7. The van der Waals surface area contributed by atoms with Crippen LogP contribution in [0.3, 0.4) is 0 Å². The second-order valence-electron chi connectivity index (χ2n) is 13.3. The molecular weight excluding hydrogens is 651 g/mol. The number of ether oxygens (including phenoxy) is 2. The summed E-state index contributed by atoms with van der Waals surface area (Å²) in [6.07, 6.45) is 22.7. The van der Waals surface area contributed by atoms with E-state index in [1.165, 1.54) is 44.9 Å². The molecule has 284 valence electrons. The minimum absolute atomic E-state index is 0.0149. The maximum atomic E-state index is 12.5. The van der Waals surface area contributed by atoms with Gasteiger partial charge in [-0.2, -0.15) is 0 Å². The average Bonchev–Trinajstić information content (AvgIpc) is 3.32. The maximum Gasteiger partial charge on any atom is 0.469 e. The van der Waals surface area contributed by atoms with Gasteiger partial charge < -0.3 is 29.5 Å². The number of carbonyl (C=O) groups excluding carboxylic acids is 3. The topological polar surface area (TPSA) is 177 Å². The van der Waals surface area contributed by atoms with E-state index in [2.05, 4.69) is 18.4 Å². The molecule has 0 amide bonds. The van der Waals surface area contributed by atoms with Crippen molar-refractivity contribution in [2.75, 3.05) is 13.2 Å². The fraction of sp³-hybridized carbons (Fsp3) is 0.811. The fourth-order valence-corrected chi connectivity index (χ4v) is 6.30. The van der Waals surface area contributed by atoms with Crippen molar-refractivity contribution in [1.82, 2.24) is 0 Å². The summed E-state index contributed by atoms with van der Waals surface area (Å²) >= 11 is 0. The molecule has 11 nitrogen and oxygen atoms in total. The molecule has 4 N–H and O–H groups in total. The fourth-order valence-electron chi connectivity index (χ4n) is 5.94. The zero-order valence-corrected chi connectivity index (χ0v) is 30.9. The molecule has 0 aromatic heterocycles. The predicted octanol–water partition coefficient (Wildman–Crippen LogP) is 7.43. The van der Waals surface area contributed by atoms with Gasteiger partial charge in [-0.3, -0.25) is 18.9 Å². The highest BCUT2D eigenvalue weighted by Gasteiger charge is 2.39. The van der Waals surface area contributed by atoms with Crippen molar-refractivity contribution in [3.63, 3.8) is 0 Å². The van der Waals surface area contributed by atoms with Crippen LogP contribution in [-0.2, 0) is 32.9 Å². The molecule has 49 heavy (non-hydrogen) atoms. The SMILES string of the molecule is CCCCCCCCCCCCCC(=O)OC[C@H](COP(=O)(O)O)OC(=O)CCC/C=C\C[C@H]1C(=O)C[C@@H](O)[C@@H]1/C=C/[C@@H](O)CCCCC. The molecule has 0 unspecified atom stereocenters. The van der Waals surface area contributed by atoms with Gasteiger partial charge in [-0.05, 0) is 32.1 Å². The number of ketones is 1. The number of hydrogen-bond donors (Lipinski definition) is 4. The number of carbonyl (C=O) groups is 3. The van der Waals surface area contributed by atoms with E-state index in [9.17, 15) is 29.2 Å². The average molecular weight is 717 g/mol. The van der Waals surface area contributed by atoms with Crippen LogP contribution in [0.25, 0.3) is 0 Å². The summed E-state index contributed by atoms with van der Waals surface area (Å²) in [4.78, 5) is 55.3. The van der Waals surface area contributed by atoms with Gasteiger partial charge in [-0.15, -0.1) is 0 Å². The maximum absolute atomic E-state index is 12.5. The first-order chi connectivity index (χ1) is 23.5. The molecule has 5 atom stereocenters. The summed E-state index contributed by atoms with van der Waals surface area (Å²) in [6.45, 7) is 3.33. The Morgan fingerprint density at radius 3 is 2.06 bits per heavy atom. The third-order valence-corrected chi connectivity index (χ3v) is 9.33. The Labute approximate surface area is 294 Å². The van der Waals surface area contributed by atoms with Crippen LogP contribution < -0.4 is 0 Å². The zero-order chi connectivity index (χ0) is 36.3. The number of phosphoric acid groups is 1. The van der Waals surface area contributed by atoms with Gasteiger partial charge in [0, 0.05) is 31.1 Å². The smallest absolute Gasteiger partial charge is 0.462 e. The summed E-state index contributed by atoms with van der Waals surface area (Å²) in [5.41, 5.74) is 0. The van der Waals surface area contributed by atoms with Gasteiger partial charge in [-0.1, -0.05) is 122 Å². The van der Waals surface area contributed by atoms with E-state index >= 15 is 0 Å². The summed E-state index contributed by atoms with van der Waals surface area (Å²) in [7, 11) is -4.82. The number of aliphatic hydroxyl groups is 2. The van der Waals surface area contributed by atoms with E-state index in [1.54, 1.807) is 12.2 Å². The quantitative estimate of drug-likeness (QED) is 0.0252. The normalized spacial score (nSPS) is 19.6. The molecule has 12 heteroatoms. The Kier molecular flexibility index (Phi) is 25.6. The van der Waals surface area contributed by atoms with Gasteiger partial charge in [0.25, 0.3) is 0 Å². The second-order valence-corrected chi connectivity index (χ2v) is 14.6. The molecule has 1 fully saturated rings. The van der Waals surface area contributed by atoms with Gasteiger partial charge >= 0.3 is 19.8 Å². The molecule has 0 aliphatic heterocycles. The molecule has 1 aliphatic carbocycles. The van der Waals surface area contributed by atoms with Gasteiger partial charge in [0.1, 0.15) is 12.4 Å². The van der Waals surface area contributed by atoms with E-state index in [-0.39, 0.29) is 43.5 Å². The Morgan fingerprint density at radius 2 is 1.43 bits per heavy atom. The molecule has 0 aromatic rings. The van der Waals surface area contributed by atoms with Gasteiger partial charge in [-0.25, -0.2) is 4.57 Å². The van der Waals surface area contributed by atoms with Crippen LogP contribution in [0.1, 0.15) is 149 Å². The number of allylic oxidation sites excluding steroid dienone is 2. The number of hydrogen-bond acceptors (Lipinski definition) is 9. The Bertz CT molecular complexity index is 1010. The number of Topliss-reactive ketones (excluding diaryl/α,β-unsaturated/α-hetero) is 1. The molecule has 0 spiro atoms. The number of unbranched alkanes of at least 4 members (excludes halogenated alkanes) is 13. The summed E-state index contributed by atoms with van der Waals surface area (Å²) < 4.78 is 26.2. The first kappa shape index (κ1) is 45.1. The molecule has 0 heterocycles. The van der Waals surface area contributed by atoms with Gasteiger partial charge in [0.05, 0.1) is 18.8 Å². The molecule has 0 bridgehead atoms. The third kappa shape index (κ3) is 24.0.